The molecule has 37 heavy (non-hydrogen) atoms. The molecule has 3 heterocycles. The minimum absolute atomic E-state index is 0.228. The summed E-state index contributed by atoms with van der Waals surface area (Å²) in [6.45, 7) is 4.00. The van der Waals surface area contributed by atoms with Crippen LogP contribution in [0.3, 0.4) is 0 Å². The molecule has 4 aromatic rings. The van der Waals surface area contributed by atoms with Gasteiger partial charge in [-0.1, -0.05) is 47.7 Å². The summed E-state index contributed by atoms with van der Waals surface area (Å²) in [5.74, 6) is -0.187. The number of hydrogen-bond donors (Lipinski definition) is 0. The quantitative estimate of drug-likeness (QED) is 0.326. The standard InChI is InChI=1S/C28H23FN2O4S2/c1-3-34-27(33)24-17(2)30-28-31(25(24)22-9-6-14-36-22)26(32)23(37-28)15-19-7-4-5-8-21(19)35-16-18-10-12-20(29)13-11-18/h4-15,25H,3,16H2,1-2H3/b23-15-/t25-/m0/s1. The molecule has 1 atom stereocenters. The third-order valence-electron chi connectivity index (χ3n) is 5.84. The van der Waals surface area contributed by atoms with Crippen molar-refractivity contribution in [3.8, 4) is 5.75 Å². The molecule has 0 unspecified atom stereocenters. The number of carbonyl (C=O) groups excluding carboxylic acids is 1. The Kier molecular flexibility index (Phi) is 7.16. The van der Waals surface area contributed by atoms with E-state index in [-0.39, 0.29) is 24.6 Å². The molecule has 2 aromatic carbocycles. The predicted octanol–water partition coefficient (Wildman–Crippen LogP) is 4.58. The largest absolute Gasteiger partial charge is 0.488 e. The van der Waals surface area contributed by atoms with Gasteiger partial charge in [-0.2, -0.15) is 0 Å². The second-order valence-corrected chi connectivity index (χ2v) is 10.3. The average Bonchev–Trinajstić information content (AvgIpc) is 3.52. The fourth-order valence-corrected chi connectivity index (χ4v) is 5.98. The molecule has 0 N–H and O–H groups in total. The highest BCUT2D eigenvalue weighted by Gasteiger charge is 2.33. The van der Waals surface area contributed by atoms with Crippen LogP contribution in [0.2, 0.25) is 0 Å². The number of aromatic nitrogens is 1. The van der Waals surface area contributed by atoms with Crippen molar-refractivity contribution in [2.45, 2.75) is 26.5 Å². The molecule has 9 heteroatoms. The van der Waals surface area contributed by atoms with Gasteiger partial charge in [-0.05, 0) is 55.1 Å². The molecule has 0 saturated heterocycles. The van der Waals surface area contributed by atoms with Gasteiger partial charge in [0, 0.05) is 10.4 Å². The van der Waals surface area contributed by atoms with E-state index in [1.54, 1.807) is 36.6 Å². The van der Waals surface area contributed by atoms with Crippen LogP contribution < -0.4 is 19.6 Å². The van der Waals surface area contributed by atoms with Crippen molar-refractivity contribution in [1.29, 1.82) is 0 Å². The summed E-state index contributed by atoms with van der Waals surface area (Å²) in [5, 5.41) is 1.91. The Morgan fingerprint density at radius 2 is 1.92 bits per heavy atom. The van der Waals surface area contributed by atoms with Crippen LogP contribution >= 0.6 is 22.7 Å². The van der Waals surface area contributed by atoms with E-state index in [0.717, 1.165) is 16.0 Å². The first-order valence-electron chi connectivity index (χ1n) is 11.7. The molecule has 1 aliphatic rings. The highest BCUT2D eigenvalue weighted by Crippen LogP contribution is 2.33. The van der Waals surface area contributed by atoms with Crippen LogP contribution in [0.5, 0.6) is 5.75 Å². The normalized spacial score (nSPS) is 15.3. The number of nitrogens with zero attached hydrogens (tertiary/aromatic N) is 2. The second kappa shape index (κ2) is 10.7. The molecule has 2 aromatic heterocycles. The van der Waals surface area contributed by atoms with E-state index < -0.39 is 12.0 Å². The molecule has 0 saturated carbocycles. The summed E-state index contributed by atoms with van der Waals surface area (Å²) in [7, 11) is 0. The van der Waals surface area contributed by atoms with Gasteiger partial charge >= 0.3 is 5.97 Å². The number of benzene rings is 2. The summed E-state index contributed by atoms with van der Waals surface area (Å²) in [6, 6.07) is 16.7. The maximum absolute atomic E-state index is 13.7. The zero-order valence-corrected chi connectivity index (χ0v) is 21.8. The topological polar surface area (TPSA) is 69.9 Å². The summed E-state index contributed by atoms with van der Waals surface area (Å²) in [6.07, 6.45) is 1.78. The fourth-order valence-electron chi connectivity index (χ4n) is 4.12. The Morgan fingerprint density at radius 1 is 1.14 bits per heavy atom. The van der Waals surface area contributed by atoms with Crippen molar-refractivity contribution in [3.63, 3.8) is 0 Å². The number of fused-ring (bicyclic) bond motifs is 1. The smallest absolute Gasteiger partial charge is 0.338 e. The van der Waals surface area contributed by atoms with E-state index in [1.807, 2.05) is 41.8 Å². The van der Waals surface area contributed by atoms with E-state index in [9.17, 15) is 14.0 Å². The Morgan fingerprint density at radius 3 is 2.65 bits per heavy atom. The van der Waals surface area contributed by atoms with Crippen molar-refractivity contribution >= 4 is 34.7 Å². The van der Waals surface area contributed by atoms with E-state index in [2.05, 4.69) is 4.99 Å². The number of para-hydroxylation sites is 1. The summed E-state index contributed by atoms with van der Waals surface area (Å²) >= 11 is 2.73. The van der Waals surface area contributed by atoms with Crippen LogP contribution in [0.1, 0.15) is 35.9 Å². The zero-order valence-electron chi connectivity index (χ0n) is 20.1. The van der Waals surface area contributed by atoms with Crippen LogP contribution in [0.15, 0.2) is 87.1 Å². The number of carbonyl (C=O) groups is 1. The van der Waals surface area contributed by atoms with Gasteiger partial charge in [-0.3, -0.25) is 9.36 Å². The second-order valence-electron chi connectivity index (χ2n) is 8.27. The molecule has 0 amide bonds. The van der Waals surface area contributed by atoms with E-state index in [0.29, 0.717) is 26.4 Å². The van der Waals surface area contributed by atoms with Crippen molar-refractivity contribution in [2.75, 3.05) is 6.61 Å². The number of halogens is 1. The molecular formula is C28H23FN2O4S2. The van der Waals surface area contributed by atoms with Crippen LogP contribution in [0.4, 0.5) is 4.39 Å². The minimum atomic E-state index is -0.609. The predicted molar refractivity (Wildman–Crippen MR) is 142 cm³/mol. The van der Waals surface area contributed by atoms with Gasteiger partial charge in [0.1, 0.15) is 24.2 Å². The highest BCUT2D eigenvalue weighted by atomic mass is 32.1. The molecule has 0 aliphatic carbocycles. The van der Waals surface area contributed by atoms with Crippen LogP contribution in [0, 0.1) is 5.82 Å². The van der Waals surface area contributed by atoms with Gasteiger partial charge in [-0.15, -0.1) is 11.3 Å². The Balaban J connectivity index is 1.56. The molecule has 0 spiro atoms. The van der Waals surface area contributed by atoms with Gasteiger partial charge < -0.3 is 9.47 Å². The maximum atomic E-state index is 13.7. The Labute approximate surface area is 220 Å². The fraction of sp³-hybridized carbons (Fsp3) is 0.179. The molecule has 6 nitrogen and oxygen atoms in total. The van der Waals surface area contributed by atoms with E-state index in [1.165, 1.54) is 34.8 Å². The van der Waals surface area contributed by atoms with E-state index >= 15 is 0 Å². The van der Waals surface area contributed by atoms with E-state index in [4.69, 9.17) is 9.47 Å². The molecule has 0 radical (unpaired) electrons. The lowest BCUT2D eigenvalue weighted by Crippen LogP contribution is -2.39. The van der Waals surface area contributed by atoms with Gasteiger partial charge in [-0.25, -0.2) is 14.2 Å². The number of thiophene rings is 1. The number of thiazole rings is 1. The first-order valence-corrected chi connectivity index (χ1v) is 13.3. The number of hydrogen-bond acceptors (Lipinski definition) is 7. The lowest BCUT2D eigenvalue weighted by Gasteiger charge is -2.23. The number of esters is 1. The summed E-state index contributed by atoms with van der Waals surface area (Å²) < 4.78 is 26.6. The zero-order chi connectivity index (χ0) is 25.9. The maximum Gasteiger partial charge on any atom is 0.338 e. The van der Waals surface area contributed by atoms with Crippen molar-refractivity contribution < 1.29 is 18.7 Å². The first kappa shape index (κ1) is 24.9. The monoisotopic (exact) mass is 534 g/mol. The lowest BCUT2D eigenvalue weighted by atomic mass is 10.0. The third-order valence-corrected chi connectivity index (χ3v) is 7.75. The van der Waals surface area contributed by atoms with Crippen LogP contribution in [-0.4, -0.2) is 17.1 Å². The van der Waals surface area contributed by atoms with Crippen molar-refractivity contribution in [3.05, 3.63) is 119 Å². The van der Waals surface area contributed by atoms with Gasteiger partial charge in [0.2, 0.25) is 0 Å². The van der Waals surface area contributed by atoms with Gasteiger partial charge in [0.15, 0.2) is 4.80 Å². The Bertz CT molecular complexity index is 1650. The molecule has 1 aliphatic heterocycles. The van der Waals surface area contributed by atoms with Crippen LogP contribution in [-0.2, 0) is 16.1 Å². The molecule has 0 fully saturated rings. The van der Waals surface area contributed by atoms with Crippen LogP contribution in [0.25, 0.3) is 6.08 Å². The Hall–Kier alpha value is -3.82. The minimum Gasteiger partial charge on any atom is -0.488 e. The molecular weight excluding hydrogens is 511 g/mol. The highest BCUT2D eigenvalue weighted by molar-refractivity contribution is 7.10. The van der Waals surface area contributed by atoms with Gasteiger partial charge in [0.05, 0.1) is 22.4 Å². The third kappa shape index (κ3) is 5.05. The number of allylic oxidation sites excluding steroid dienone is 1. The average molecular weight is 535 g/mol. The molecule has 0 bridgehead atoms. The molecule has 5 rings (SSSR count). The van der Waals surface area contributed by atoms with Gasteiger partial charge in [0.25, 0.3) is 5.56 Å². The SMILES string of the molecule is CCOC(=O)C1=C(C)N=c2s/c(=C\c3ccccc3OCc3ccc(F)cc3)c(=O)n2[C@H]1c1cccs1. The van der Waals surface area contributed by atoms with Crippen molar-refractivity contribution in [1.82, 2.24) is 4.57 Å². The lowest BCUT2D eigenvalue weighted by molar-refractivity contribution is -0.139. The van der Waals surface area contributed by atoms with Crippen molar-refractivity contribution in [2.24, 2.45) is 4.99 Å². The number of ether oxygens (including phenoxy) is 2. The molecule has 188 valence electrons. The summed E-state index contributed by atoms with van der Waals surface area (Å²) in [4.78, 5) is 32.6. The first-order chi connectivity index (χ1) is 18.0. The number of rotatable bonds is 7. The summed E-state index contributed by atoms with van der Waals surface area (Å²) in [5.41, 5.74) is 2.21.